The summed E-state index contributed by atoms with van der Waals surface area (Å²) in [5, 5.41) is 6.52. The Morgan fingerprint density at radius 2 is 1.91 bits per heavy atom. The standard InChI is InChI=1S/C16H27N3O3/c1-17-16(18-9-6-10-22-12-11-20-2)19-13-14-7-4-5-8-15(14)21-3/h4-5,7-8H,6,9-13H2,1-3H3,(H2,17,18,19). The van der Waals surface area contributed by atoms with E-state index in [9.17, 15) is 0 Å². The fourth-order valence-electron chi connectivity index (χ4n) is 1.87. The third-order valence-corrected chi connectivity index (χ3v) is 3.05. The molecule has 0 saturated carbocycles. The van der Waals surface area contributed by atoms with E-state index in [2.05, 4.69) is 15.6 Å². The van der Waals surface area contributed by atoms with Crippen LogP contribution >= 0.6 is 0 Å². The summed E-state index contributed by atoms with van der Waals surface area (Å²) in [6.45, 7) is 3.44. The van der Waals surface area contributed by atoms with Crippen LogP contribution in [0.3, 0.4) is 0 Å². The molecule has 1 aromatic carbocycles. The molecular formula is C16H27N3O3. The quantitative estimate of drug-likeness (QED) is 0.389. The molecule has 1 rings (SSSR count). The van der Waals surface area contributed by atoms with Gasteiger partial charge in [0.05, 0.1) is 20.3 Å². The highest BCUT2D eigenvalue weighted by atomic mass is 16.5. The molecule has 0 aliphatic rings. The Labute approximate surface area is 132 Å². The summed E-state index contributed by atoms with van der Waals surface area (Å²) in [7, 11) is 5.10. The van der Waals surface area contributed by atoms with Gasteiger partial charge < -0.3 is 24.8 Å². The minimum absolute atomic E-state index is 0.634. The first kappa shape index (κ1) is 18.3. The van der Waals surface area contributed by atoms with E-state index in [4.69, 9.17) is 14.2 Å². The Kier molecular flexibility index (Phi) is 9.81. The normalized spacial score (nSPS) is 11.3. The maximum absolute atomic E-state index is 5.41. The summed E-state index contributed by atoms with van der Waals surface area (Å²) in [6.07, 6.45) is 0.916. The van der Waals surface area contributed by atoms with Crippen molar-refractivity contribution in [2.45, 2.75) is 13.0 Å². The van der Waals surface area contributed by atoms with Crippen LogP contribution in [0.1, 0.15) is 12.0 Å². The molecule has 0 spiro atoms. The molecule has 124 valence electrons. The van der Waals surface area contributed by atoms with Gasteiger partial charge in [0, 0.05) is 39.4 Å². The number of para-hydroxylation sites is 1. The van der Waals surface area contributed by atoms with Crippen molar-refractivity contribution >= 4 is 5.96 Å². The van der Waals surface area contributed by atoms with Crippen LogP contribution < -0.4 is 15.4 Å². The summed E-state index contributed by atoms with van der Waals surface area (Å²) >= 11 is 0. The number of nitrogens with one attached hydrogen (secondary N) is 2. The summed E-state index contributed by atoms with van der Waals surface area (Å²) in [4.78, 5) is 4.20. The van der Waals surface area contributed by atoms with Gasteiger partial charge in [-0.25, -0.2) is 0 Å². The second kappa shape index (κ2) is 11.8. The zero-order valence-electron chi connectivity index (χ0n) is 13.7. The largest absolute Gasteiger partial charge is 0.496 e. The van der Waals surface area contributed by atoms with Crippen LogP contribution in [0.5, 0.6) is 5.75 Å². The number of hydrogen-bond acceptors (Lipinski definition) is 4. The molecule has 0 saturated heterocycles. The van der Waals surface area contributed by atoms with Gasteiger partial charge in [0.15, 0.2) is 5.96 Å². The predicted octanol–water partition coefficient (Wildman–Crippen LogP) is 1.41. The lowest BCUT2D eigenvalue weighted by atomic mass is 10.2. The first-order valence-electron chi connectivity index (χ1n) is 7.45. The van der Waals surface area contributed by atoms with Crippen LogP contribution in [-0.2, 0) is 16.0 Å². The van der Waals surface area contributed by atoms with Crippen molar-refractivity contribution < 1.29 is 14.2 Å². The Morgan fingerprint density at radius 1 is 1.09 bits per heavy atom. The van der Waals surface area contributed by atoms with Crippen LogP contribution in [0.15, 0.2) is 29.3 Å². The number of guanidine groups is 1. The van der Waals surface area contributed by atoms with Crippen molar-refractivity contribution in [1.82, 2.24) is 10.6 Å². The number of benzene rings is 1. The summed E-state index contributed by atoms with van der Waals surface area (Å²) in [5.41, 5.74) is 1.09. The van der Waals surface area contributed by atoms with E-state index in [1.54, 1.807) is 21.3 Å². The summed E-state index contributed by atoms with van der Waals surface area (Å²) in [5.74, 6) is 1.64. The molecule has 0 amide bonds. The van der Waals surface area contributed by atoms with Crippen molar-refractivity contribution in [3.63, 3.8) is 0 Å². The fraction of sp³-hybridized carbons (Fsp3) is 0.562. The number of methoxy groups -OCH3 is 2. The van der Waals surface area contributed by atoms with Crippen LogP contribution in [0.2, 0.25) is 0 Å². The summed E-state index contributed by atoms with van der Waals surface area (Å²) in [6, 6.07) is 7.93. The fourth-order valence-corrected chi connectivity index (χ4v) is 1.87. The van der Waals surface area contributed by atoms with Gasteiger partial charge in [-0.1, -0.05) is 18.2 Å². The van der Waals surface area contributed by atoms with Gasteiger partial charge in [0.2, 0.25) is 0 Å². The average Bonchev–Trinajstić information content (AvgIpc) is 2.57. The molecule has 0 bridgehead atoms. The molecule has 0 aliphatic heterocycles. The van der Waals surface area contributed by atoms with Gasteiger partial charge >= 0.3 is 0 Å². The Morgan fingerprint density at radius 3 is 2.64 bits per heavy atom. The topological polar surface area (TPSA) is 64.1 Å². The number of nitrogens with zero attached hydrogens (tertiary/aromatic N) is 1. The Balaban J connectivity index is 2.22. The lowest BCUT2D eigenvalue weighted by molar-refractivity contribution is 0.0698. The maximum Gasteiger partial charge on any atom is 0.191 e. The van der Waals surface area contributed by atoms with Crippen molar-refractivity contribution in [2.24, 2.45) is 4.99 Å². The van der Waals surface area contributed by atoms with E-state index in [0.717, 1.165) is 30.2 Å². The molecule has 1 aromatic rings. The SMILES string of the molecule is CN=C(NCCCOCCOC)NCc1ccccc1OC. The second-order valence-electron chi connectivity index (χ2n) is 4.62. The van der Waals surface area contributed by atoms with Crippen LogP contribution in [0, 0.1) is 0 Å². The zero-order valence-corrected chi connectivity index (χ0v) is 13.7. The van der Waals surface area contributed by atoms with E-state index in [1.807, 2.05) is 24.3 Å². The van der Waals surface area contributed by atoms with Gasteiger partial charge in [-0.3, -0.25) is 4.99 Å². The molecule has 0 radical (unpaired) electrons. The number of hydrogen-bond donors (Lipinski definition) is 2. The number of rotatable bonds is 10. The van der Waals surface area contributed by atoms with Gasteiger partial charge in [-0.05, 0) is 12.5 Å². The van der Waals surface area contributed by atoms with E-state index < -0.39 is 0 Å². The van der Waals surface area contributed by atoms with E-state index in [1.165, 1.54) is 0 Å². The molecule has 0 aromatic heterocycles. The van der Waals surface area contributed by atoms with Crippen LogP contribution in [0.4, 0.5) is 0 Å². The van der Waals surface area contributed by atoms with E-state index in [-0.39, 0.29) is 0 Å². The number of aliphatic imine (C=N–C) groups is 1. The molecule has 22 heavy (non-hydrogen) atoms. The van der Waals surface area contributed by atoms with Crippen molar-refractivity contribution in [3.8, 4) is 5.75 Å². The Hall–Kier alpha value is -1.79. The Bertz CT molecular complexity index is 438. The van der Waals surface area contributed by atoms with Crippen molar-refractivity contribution in [3.05, 3.63) is 29.8 Å². The number of ether oxygens (including phenoxy) is 3. The molecule has 0 atom stereocenters. The lowest BCUT2D eigenvalue weighted by Gasteiger charge is -2.13. The molecule has 0 heterocycles. The highest BCUT2D eigenvalue weighted by molar-refractivity contribution is 5.79. The van der Waals surface area contributed by atoms with Crippen molar-refractivity contribution in [2.75, 3.05) is 47.6 Å². The highest BCUT2D eigenvalue weighted by Crippen LogP contribution is 2.16. The van der Waals surface area contributed by atoms with Gasteiger partial charge in [0.1, 0.15) is 5.75 Å². The molecule has 0 fully saturated rings. The van der Waals surface area contributed by atoms with Gasteiger partial charge in [-0.15, -0.1) is 0 Å². The predicted molar refractivity (Wildman–Crippen MR) is 88.5 cm³/mol. The summed E-state index contributed by atoms with van der Waals surface area (Å²) < 4.78 is 15.7. The van der Waals surface area contributed by atoms with E-state index >= 15 is 0 Å². The van der Waals surface area contributed by atoms with Gasteiger partial charge in [0.25, 0.3) is 0 Å². The smallest absolute Gasteiger partial charge is 0.191 e. The second-order valence-corrected chi connectivity index (χ2v) is 4.62. The molecule has 0 aliphatic carbocycles. The van der Waals surface area contributed by atoms with Crippen LogP contribution in [0.25, 0.3) is 0 Å². The average molecular weight is 309 g/mol. The van der Waals surface area contributed by atoms with Crippen LogP contribution in [-0.4, -0.2) is 53.6 Å². The lowest BCUT2D eigenvalue weighted by Crippen LogP contribution is -2.37. The van der Waals surface area contributed by atoms with E-state index in [0.29, 0.717) is 26.4 Å². The molecule has 2 N–H and O–H groups in total. The maximum atomic E-state index is 5.41. The van der Waals surface area contributed by atoms with Gasteiger partial charge in [-0.2, -0.15) is 0 Å². The zero-order chi connectivity index (χ0) is 16.0. The minimum atomic E-state index is 0.634. The first-order valence-corrected chi connectivity index (χ1v) is 7.45. The molecule has 6 nitrogen and oxygen atoms in total. The third kappa shape index (κ3) is 7.28. The highest BCUT2D eigenvalue weighted by Gasteiger charge is 2.03. The molecule has 6 heteroatoms. The third-order valence-electron chi connectivity index (χ3n) is 3.05. The molecule has 0 unspecified atom stereocenters. The minimum Gasteiger partial charge on any atom is -0.496 e. The van der Waals surface area contributed by atoms with Crippen molar-refractivity contribution in [1.29, 1.82) is 0 Å². The monoisotopic (exact) mass is 309 g/mol. The first-order chi connectivity index (χ1) is 10.8. The molecular weight excluding hydrogens is 282 g/mol.